The average Bonchev–Trinajstić information content (AvgIpc) is 2.53. The normalized spacial score (nSPS) is 10.9. The largest absolute Gasteiger partial charge is 0.496 e. The van der Waals surface area contributed by atoms with Gasteiger partial charge in [0.25, 0.3) is 0 Å². The molecule has 130 valence electrons. The summed E-state index contributed by atoms with van der Waals surface area (Å²) in [7, 11) is 3.33. The summed E-state index contributed by atoms with van der Waals surface area (Å²) in [4.78, 5) is 0. The Balaban J connectivity index is 0.00000288. The fourth-order valence-electron chi connectivity index (χ4n) is 2.76. The maximum absolute atomic E-state index is 5.57. The van der Waals surface area contributed by atoms with Crippen LogP contribution in [0.5, 0.6) is 11.5 Å². The molecular weight excluding hydrogens is 472 g/mol. The van der Waals surface area contributed by atoms with E-state index < -0.39 is 0 Å². The van der Waals surface area contributed by atoms with Gasteiger partial charge < -0.3 is 14.2 Å². The van der Waals surface area contributed by atoms with Crippen molar-refractivity contribution in [1.82, 2.24) is 0 Å². The fraction of sp³-hybridized carbons (Fsp3) is 0.400. The molecule has 2 aromatic carbocycles. The number of ether oxygens (including phenoxy) is 3. The maximum atomic E-state index is 5.57. The Hall–Kier alpha value is -1.31. The molecule has 0 aliphatic carbocycles. The summed E-state index contributed by atoms with van der Waals surface area (Å²) < 4.78 is 15.9. The van der Waals surface area contributed by atoms with Gasteiger partial charge in [0.1, 0.15) is 11.5 Å². The fourth-order valence-corrected chi connectivity index (χ4v) is 2.76. The van der Waals surface area contributed by atoms with Gasteiger partial charge in [0.2, 0.25) is 0 Å². The summed E-state index contributed by atoms with van der Waals surface area (Å²) >= 11 is 0. The van der Waals surface area contributed by atoms with Crippen molar-refractivity contribution in [2.45, 2.75) is 33.1 Å². The molecule has 0 bridgehead atoms. The quantitative estimate of drug-likeness (QED) is 0.545. The number of rotatable bonds is 6. The number of hydrogen-bond acceptors (Lipinski definition) is 3. The van der Waals surface area contributed by atoms with Gasteiger partial charge in [-0.3, -0.25) is 0 Å². The third kappa shape index (κ3) is 4.40. The van der Waals surface area contributed by atoms with E-state index in [0.717, 1.165) is 22.6 Å². The van der Waals surface area contributed by atoms with Crippen molar-refractivity contribution >= 4 is 0 Å². The molecule has 0 radical (unpaired) electrons. The third-order valence-electron chi connectivity index (χ3n) is 4.35. The van der Waals surface area contributed by atoms with Crippen LogP contribution in [0.3, 0.4) is 0 Å². The molecule has 2 rings (SSSR count). The molecule has 0 spiro atoms. The Morgan fingerprint density at radius 1 is 0.833 bits per heavy atom. The molecule has 0 unspecified atom stereocenters. The molecule has 0 aromatic heterocycles. The zero-order valence-electron chi connectivity index (χ0n) is 15.3. The summed E-state index contributed by atoms with van der Waals surface area (Å²) in [5.74, 6) is 1.78. The van der Waals surface area contributed by atoms with Gasteiger partial charge in [-0.2, -0.15) is 0 Å². The third-order valence-corrected chi connectivity index (χ3v) is 4.35. The van der Waals surface area contributed by atoms with E-state index in [1.165, 1.54) is 11.1 Å². The second-order valence-electron chi connectivity index (χ2n) is 6.34. The van der Waals surface area contributed by atoms with E-state index in [2.05, 4.69) is 52.0 Å². The molecule has 0 saturated carbocycles. The van der Waals surface area contributed by atoms with Gasteiger partial charge in [-0.1, -0.05) is 38.1 Å². The Bertz CT molecular complexity index is 681. The maximum Gasteiger partial charge on any atom is 0.188 e. The predicted molar refractivity (Wildman–Crippen MR) is 93.5 cm³/mol. The Kier molecular flexibility index (Phi) is 7.50. The molecule has 0 saturated heterocycles. The van der Waals surface area contributed by atoms with Crippen LogP contribution in [0.4, 0.5) is 0 Å². The van der Waals surface area contributed by atoms with Crippen molar-refractivity contribution in [1.29, 1.82) is 0 Å². The van der Waals surface area contributed by atoms with E-state index in [1.54, 1.807) is 14.2 Å². The SMILES string of the molecule is COCOc1ccc(C(C)(C)c2ccc(OC)c(C)c2)cc1C.[W]. The molecule has 0 aliphatic rings. The second kappa shape index (κ2) is 8.69. The molecule has 24 heavy (non-hydrogen) atoms. The minimum absolute atomic E-state index is 0. The number of hydrogen-bond donors (Lipinski definition) is 0. The smallest absolute Gasteiger partial charge is 0.188 e. The van der Waals surface area contributed by atoms with E-state index in [4.69, 9.17) is 14.2 Å². The molecule has 2 aromatic rings. The Morgan fingerprint density at radius 3 is 1.75 bits per heavy atom. The molecule has 0 fully saturated rings. The van der Waals surface area contributed by atoms with Crippen LogP contribution in [0, 0.1) is 13.8 Å². The number of aryl methyl sites for hydroxylation is 2. The first kappa shape index (κ1) is 20.7. The van der Waals surface area contributed by atoms with Gasteiger partial charge in [0.05, 0.1) is 7.11 Å². The molecule has 0 N–H and O–H groups in total. The van der Waals surface area contributed by atoms with Crippen molar-refractivity contribution in [3.05, 3.63) is 58.7 Å². The van der Waals surface area contributed by atoms with E-state index in [0.29, 0.717) is 0 Å². The van der Waals surface area contributed by atoms with Crippen LogP contribution in [-0.2, 0) is 31.2 Å². The van der Waals surface area contributed by atoms with Crippen molar-refractivity contribution in [3.63, 3.8) is 0 Å². The van der Waals surface area contributed by atoms with Crippen molar-refractivity contribution < 1.29 is 35.3 Å². The minimum Gasteiger partial charge on any atom is -0.496 e. The van der Waals surface area contributed by atoms with E-state index in [1.807, 2.05) is 12.1 Å². The topological polar surface area (TPSA) is 27.7 Å². The van der Waals surface area contributed by atoms with Crippen LogP contribution in [0.25, 0.3) is 0 Å². The van der Waals surface area contributed by atoms with Crippen molar-refractivity contribution in [2.75, 3.05) is 21.0 Å². The van der Waals surface area contributed by atoms with Crippen LogP contribution in [0.1, 0.15) is 36.1 Å². The summed E-state index contributed by atoms with van der Waals surface area (Å²) in [6.45, 7) is 8.87. The molecule has 0 heterocycles. The van der Waals surface area contributed by atoms with Crippen LogP contribution in [0.2, 0.25) is 0 Å². The zero-order valence-corrected chi connectivity index (χ0v) is 18.2. The molecular formula is C20H26O3W. The van der Waals surface area contributed by atoms with Gasteiger partial charge in [0.15, 0.2) is 6.79 Å². The average molecular weight is 498 g/mol. The van der Waals surface area contributed by atoms with E-state index >= 15 is 0 Å². The molecule has 0 aliphatic heterocycles. The van der Waals surface area contributed by atoms with Gasteiger partial charge in [-0.15, -0.1) is 0 Å². The van der Waals surface area contributed by atoms with Crippen LogP contribution in [-0.4, -0.2) is 21.0 Å². The molecule has 0 amide bonds. The monoisotopic (exact) mass is 498 g/mol. The van der Waals surface area contributed by atoms with Crippen LogP contribution >= 0.6 is 0 Å². The summed E-state index contributed by atoms with van der Waals surface area (Å²) in [6.07, 6.45) is 0. The van der Waals surface area contributed by atoms with Crippen molar-refractivity contribution in [3.8, 4) is 11.5 Å². The van der Waals surface area contributed by atoms with Crippen LogP contribution < -0.4 is 9.47 Å². The summed E-state index contributed by atoms with van der Waals surface area (Å²) in [5, 5.41) is 0. The second-order valence-corrected chi connectivity index (χ2v) is 6.34. The standard InChI is InChI=1S/C20H26O3.W/c1-14-11-16(7-9-18(14)22-6)20(3,4)17-8-10-19(15(2)12-17)23-13-21-5;/h7-12H,13H2,1-6H3;. The molecule has 0 atom stereocenters. The minimum atomic E-state index is -0.0957. The zero-order chi connectivity index (χ0) is 17.0. The van der Waals surface area contributed by atoms with E-state index in [9.17, 15) is 0 Å². The van der Waals surface area contributed by atoms with E-state index in [-0.39, 0.29) is 33.3 Å². The summed E-state index contributed by atoms with van der Waals surface area (Å²) in [5.41, 5.74) is 4.68. The van der Waals surface area contributed by atoms with Gasteiger partial charge >= 0.3 is 0 Å². The Labute approximate surface area is 159 Å². The van der Waals surface area contributed by atoms with Gasteiger partial charge in [-0.05, 0) is 48.2 Å². The summed E-state index contributed by atoms with van der Waals surface area (Å²) in [6, 6.07) is 12.7. The number of benzene rings is 2. The van der Waals surface area contributed by atoms with Gasteiger partial charge in [-0.25, -0.2) is 0 Å². The Morgan fingerprint density at radius 2 is 1.33 bits per heavy atom. The van der Waals surface area contributed by atoms with Crippen molar-refractivity contribution in [2.24, 2.45) is 0 Å². The molecule has 4 heteroatoms. The molecule has 3 nitrogen and oxygen atoms in total. The predicted octanol–water partition coefficient (Wildman–Crippen LogP) is 4.62. The van der Waals surface area contributed by atoms with Gasteiger partial charge in [0, 0.05) is 33.6 Å². The number of methoxy groups -OCH3 is 2. The van der Waals surface area contributed by atoms with Crippen LogP contribution in [0.15, 0.2) is 36.4 Å². The first-order valence-electron chi connectivity index (χ1n) is 7.78. The first-order chi connectivity index (χ1) is 10.9. The first-order valence-corrected chi connectivity index (χ1v) is 7.78.